The van der Waals surface area contributed by atoms with E-state index in [0.29, 0.717) is 92.9 Å². The zero-order chi connectivity index (χ0) is 62.6. The lowest BCUT2D eigenvalue weighted by Crippen LogP contribution is -2.78. The van der Waals surface area contributed by atoms with Crippen LogP contribution >= 0.6 is 0 Å². The summed E-state index contributed by atoms with van der Waals surface area (Å²) >= 11 is 0. The first-order valence-electron chi connectivity index (χ1n) is 33.2. The third-order valence-corrected chi connectivity index (χ3v) is 24.4. The van der Waals surface area contributed by atoms with E-state index in [4.69, 9.17) is 14.2 Å². The van der Waals surface area contributed by atoms with Gasteiger partial charge in [-0.2, -0.15) is 5.10 Å². The summed E-state index contributed by atoms with van der Waals surface area (Å²) in [6.07, 6.45) is 15.6. The molecule has 18 rings (SSSR count). The first-order chi connectivity index (χ1) is 44.0. The molecular weight excluding hydrogens is 1160 g/mol. The van der Waals surface area contributed by atoms with E-state index in [0.717, 1.165) is 98.1 Å². The smallest absolute Gasteiger partial charge is 0.293 e. The average Bonchev–Trinajstić information content (AvgIpc) is 1.50. The van der Waals surface area contributed by atoms with Crippen molar-refractivity contribution in [3.63, 3.8) is 0 Å². The number of carbonyl (C=O) groups is 3. The number of aliphatic hydroxyl groups is 4. The molecule has 4 aromatic carbocycles. The number of nitrogens with one attached hydrogen (secondary N) is 2. The number of aromatic hydroxyl groups is 3. The Balaban J connectivity index is 0.000000110. The number of nitrogens with zero attached hydrogens (tertiary/aromatic N) is 4. The van der Waals surface area contributed by atoms with Gasteiger partial charge in [0.05, 0.1) is 50.9 Å². The first-order valence-corrected chi connectivity index (χ1v) is 33.2. The Bertz CT molecular complexity index is 3710. The highest BCUT2D eigenvalue weighted by Crippen LogP contribution is 2.69. The topological polar surface area (TPSA) is 276 Å². The molecule has 5 saturated carbocycles. The van der Waals surface area contributed by atoms with Crippen LogP contribution in [0.25, 0.3) is 0 Å². The number of phenols is 3. The number of piperidine rings is 3. The van der Waals surface area contributed by atoms with Gasteiger partial charge in [0.15, 0.2) is 40.6 Å². The minimum atomic E-state index is -1.02. The molecule has 6 bridgehead atoms. The Kier molecular flexibility index (Phi) is 13.9. The van der Waals surface area contributed by atoms with E-state index in [-0.39, 0.29) is 59.8 Å². The van der Waals surface area contributed by atoms with Gasteiger partial charge in [-0.3, -0.25) is 29.1 Å². The molecule has 3 spiro atoms. The van der Waals surface area contributed by atoms with Crippen molar-refractivity contribution in [1.29, 1.82) is 0 Å². The fourth-order valence-electron chi connectivity index (χ4n) is 20.3. The van der Waals surface area contributed by atoms with Gasteiger partial charge < -0.3 is 60.0 Å². The molecular formula is C71H82N6O14. The Hall–Kier alpha value is -7.04. The minimum absolute atomic E-state index is 0.0120. The van der Waals surface area contributed by atoms with Crippen LogP contribution in [0.1, 0.15) is 127 Å². The maximum absolute atomic E-state index is 12.6. The van der Waals surface area contributed by atoms with Crippen LogP contribution < -0.4 is 25.0 Å². The fraction of sp³-hybridized carbons (Fsp3) is 0.549. The number of phenolic OH excluding ortho intramolecular Hbond substituents is 3. The summed E-state index contributed by atoms with van der Waals surface area (Å²) in [5, 5.41) is 86.6. The summed E-state index contributed by atoms with van der Waals surface area (Å²) in [6.45, 7) is 9.70. The monoisotopic (exact) mass is 1240 g/mol. The molecule has 20 nitrogen and oxygen atoms in total. The Labute approximate surface area is 528 Å². The van der Waals surface area contributed by atoms with Crippen molar-refractivity contribution in [1.82, 2.24) is 25.4 Å². The Morgan fingerprint density at radius 2 is 1.15 bits per heavy atom. The van der Waals surface area contributed by atoms with Gasteiger partial charge in [0, 0.05) is 72.6 Å². The van der Waals surface area contributed by atoms with Crippen LogP contribution in [0, 0.1) is 11.8 Å². The van der Waals surface area contributed by atoms with Crippen molar-refractivity contribution >= 4 is 24.0 Å². The molecule has 4 aromatic rings. The third kappa shape index (κ3) is 8.50. The molecule has 8 fully saturated rings. The quantitative estimate of drug-likeness (QED) is 0.0280. The second-order valence-corrected chi connectivity index (χ2v) is 28.7. The first kappa shape index (κ1) is 59.0. The van der Waals surface area contributed by atoms with Gasteiger partial charge in [0.2, 0.25) is 5.91 Å². The zero-order valence-electron chi connectivity index (χ0n) is 51.2. The molecule has 14 aliphatic rings. The number of hydrogen-bond acceptors (Lipinski definition) is 18. The van der Waals surface area contributed by atoms with E-state index in [2.05, 4.69) is 41.9 Å². The van der Waals surface area contributed by atoms with E-state index in [9.17, 15) is 50.1 Å². The van der Waals surface area contributed by atoms with Crippen LogP contribution in [-0.2, 0) is 49.8 Å². The summed E-state index contributed by atoms with van der Waals surface area (Å²) in [7, 11) is 0. The van der Waals surface area contributed by atoms with E-state index >= 15 is 0 Å². The Morgan fingerprint density at radius 3 is 1.74 bits per heavy atom. The van der Waals surface area contributed by atoms with Gasteiger partial charge in [0.25, 0.3) is 12.4 Å². The van der Waals surface area contributed by atoms with Gasteiger partial charge in [-0.15, -0.1) is 6.58 Å². The molecule has 2 amide bonds. The van der Waals surface area contributed by atoms with Crippen molar-refractivity contribution in [3.05, 3.63) is 130 Å². The van der Waals surface area contributed by atoms with Crippen LogP contribution in [-0.4, -0.2) is 186 Å². The number of hydrogen-bond donors (Lipinski definition) is 9. The number of aliphatic hydroxyl groups excluding tert-OH is 1. The van der Waals surface area contributed by atoms with Crippen molar-refractivity contribution in [2.24, 2.45) is 16.9 Å². The number of carbonyl (C=O) groups excluding carboxylic acids is 3. The summed E-state index contributed by atoms with van der Waals surface area (Å²) in [5.41, 5.74) is 5.39. The maximum Gasteiger partial charge on any atom is 0.293 e. The lowest BCUT2D eigenvalue weighted by Gasteiger charge is -2.64. The van der Waals surface area contributed by atoms with Crippen LogP contribution in [0.15, 0.2) is 96.6 Å². The molecule has 0 unspecified atom stereocenters. The molecule has 20 heteroatoms. The number of benzene rings is 4. The number of ether oxygens (including phenoxy) is 4. The second-order valence-electron chi connectivity index (χ2n) is 28.7. The lowest BCUT2D eigenvalue weighted by atomic mass is 9.48. The number of likely N-dealkylation sites (tertiary alicyclic amines) is 3. The number of rotatable bonds is 13. The van der Waals surface area contributed by atoms with Crippen molar-refractivity contribution in [2.75, 3.05) is 45.9 Å². The van der Waals surface area contributed by atoms with Crippen LogP contribution in [0.2, 0.25) is 0 Å². The molecule has 8 aliphatic carbocycles. The van der Waals surface area contributed by atoms with E-state index in [1.165, 1.54) is 43.4 Å². The van der Waals surface area contributed by atoms with Crippen molar-refractivity contribution in [3.8, 4) is 34.5 Å². The Morgan fingerprint density at radius 1 is 0.637 bits per heavy atom. The standard InChI is InChI=1S/C26H27N3O4.C25H30N2O6.C20H25NO4/c1-2-13-29-14-12-25-21-17-8-9-19(30)22(21)33-23(25)18(10-11-26(25,32)20(29)15-17)27-28-24(31)16-6-4-3-5-7-16;28-14-32-11-1-2-20(30)26-17-7-8-25(31)19-12-16-5-6-18(29)22-21(16)24(25,23(17)33-22)9-10-27(19)13-15-3-4-15;22-13-4-3-12-9-15-20(24)6-5-14(23)18-19(20,16(12)17(13)25-18)7-8-21(15)10-11-1-2-11/h2-9,20,23,30,32H,1,10-15H2,(H,28,31);1-2,5-6,14-15,17,19,23,29,31H,3-4,7-13H2,(H,26,30);3-4,11,14-15,18,22-24H,1-2,5-10H2/b27-18+;2-1+;/t20-,23+,25+,26-;17-,19-,23+,24+,25-;14-,15-,18+,19+,20-/m111/s1. The molecule has 480 valence electrons. The van der Waals surface area contributed by atoms with Crippen molar-refractivity contribution < 1.29 is 69.1 Å². The summed E-state index contributed by atoms with van der Waals surface area (Å²) in [5.74, 6) is 2.69. The largest absolute Gasteiger partial charge is 0.504 e. The van der Waals surface area contributed by atoms with E-state index in [1.54, 1.807) is 30.3 Å². The van der Waals surface area contributed by atoms with Crippen LogP contribution in [0.3, 0.4) is 0 Å². The molecule has 91 heavy (non-hydrogen) atoms. The molecule has 6 aliphatic heterocycles. The van der Waals surface area contributed by atoms with Crippen LogP contribution in [0.4, 0.5) is 0 Å². The predicted molar refractivity (Wildman–Crippen MR) is 332 cm³/mol. The number of amides is 2. The molecule has 0 aromatic heterocycles. The SMILES string of the molecule is C=CCN1CC[C@]23c4c5ccc(O)c4O[C@H]2/C(=N/NC(=O)c2ccccc2)CC[C@@]3(O)[C@H]1C5.O=COC/C=C/C(=O)N[C@@H]1CC[C@@]2(O)[C@H]3Cc4ccc(O)c5c4[C@@]2(CCN3CC2CC2)[C@H]1O5.Oc1ccc2c3c1O[C@H]1[C@H](O)CC[C@@]4(O)[C@@H](C2)N(CC2CC2)CC[C@]314. The highest BCUT2D eigenvalue weighted by Gasteiger charge is 2.76. The third-order valence-electron chi connectivity index (χ3n) is 24.4. The second kappa shape index (κ2) is 21.5. The molecule has 6 heterocycles. The minimum Gasteiger partial charge on any atom is -0.504 e. The fourth-order valence-corrected chi connectivity index (χ4v) is 20.3. The highest BCUT2D eigenvalue weighted by atomic mass is 16.5. The maximum atomic E-state index is 12.6. The highest BCUT2D eigenvalue weighted by molar-refractivity contribution is 5.98. The number of hydrazone groups is 1. The van der Waals surface area contributed by atoms with Gasteiger partial charge in [-0.25, -0.2) is 5.43 Å². The van der Waals surface area contributed by atoms with Gasteiger partial charge in [-0.05, 0) is 181 Å². The summed E-state index contributed by atoms with van der Waals surface area (Å²) in [6, 6.07) is 19.7. The van der Waals surface area contributed by atoms with Gasteiger partial charge >= 0.3 is 0 Å². The average molecular weight is 1240 g/mol. The predicted octanol–water partition coefficient (Wildman–Crippen LogP) is 5.01. The van der Waals surface area contributed by atoms with E-state index in [1.807, 2.05) is 42.5 Å². The normalized spacial score (nSPS) is 37.2. The molecule has 9 N–H and O–H groups in total. The summed E-state index contributed by atoms with van der Waals surface area (Å²) < 4.78 is 23.6. The van der Waals surface area contributed by atoms with Gasteiger partial charge in [0.1, 0.15) is 18.8 Å². The van der Waals surface area contributed by atoms with Crippen LogP contribution in [0.5, 0.6) is 34.5 Å². The zero-order valence-corrected chi connectivity index (χ0v) is 51.2. The molecule has 3 saturated heterocycles. The molecule has 0 radical (unpaired) electrons. The molecule has 14 atom stereocenters. The lowest BCUT2D eigenvalue weighted by molar-refractivity contribution is -0.208. The van der Waals surface area contributed by atoms with Crippen molar-refractivity contribution in [2.45, 2.75) is 184 Å². The van der Waals surface area contributed by atoms with Gasteiger partial charge in [-0.1, -0.05) is 42.5 Å². The summed E-state index contributed by atoms with van der Waals surface area (Å²) in [4.78, 5) is 42.8. The van der Waals surface area contributed by atoms with E-state index < -0.39 is 57.5 Å².